The van der Waals surface area contributed by atoms with Gasteiger partial charge in [0.1, 0.15) is 11.3 Å². The Hall–Kier alpha value is -2.30. The van der Waals surface area contributed by atoms with Gasteiger partial charge in [-0.05, 0) is 12.1 Å². The summed E-state index contributed by atoms with van der Waals surface area (Å²) in [5.41, 5.74) is -0.218. The first-order valence-corrected chi connectivity index (χ1v) is 4.75. The van der Waals surface area contributed by atoms with Crippen LogP contribution in [0, 0.1) is 0 Å². The second kappa shape index (κ2) is 4.48. The van der Waals surface area contributed by atoms with Crippen LogP contribution in [0.5, 0.6) is 0 Å². The van der Waals surface area contributed by atoms with Crippen molar-refractivity contribution in [3.8, 4) is 0 Å². The highest BCUT2D eigenvalue weighted by atomic mass is 16.3. The number of amides is 1. The van der Waals surface area contributed by atoms with E-state index in [4.69, 9.17) is 4.42 Å². The minimum Gasteiger partial charge on any atom is -0.467 e. The van der Waals surface area contributed by atoms with E-state index in [9.17, 15) is 9.59 Å². The summed E-state index contributed by atoms with van der Waals surface area (Å²) in [6.07, 6.45) is 4.38. The summed E-state index contributed by atoms with van der Waals surface area (Å²) < 4.78 is 5.05. The van der Waals surface area contributed by atoms with Gasteiger partial charge in [-0.1, -0.05) is 0 Å². The largest absolute Gasteiger partial charge is 0.467 e. The van der Waals surface area contributed by atoms with Crippen LogP contribution < -0.4 is 10.7 Å². The molecule has 0 bridgehead atoms. The molecule has 0 atom stereocenters. The maximum absolute atomic E-state index is 11.6. The van der Waals surface area contributed by atoms with E-state index in [0.717, 1.165) is 0 Å². The van der Waals surface area contributed by atoms with Crippen molar-refractivity contribution >= 4 is 5.91 Å². The van der Waals surface area contributed by atoms with Crippen LogP contribution >= 0.6 is 0 Å². The molecule has 16 heavy (non-hydrogen) atoms. The molecule has 2 heterocycles. The molecule has 0 aromatic carbocycles. The van der Waals surface area contributed by atoms with Gasteiger partial charge in [0.2, 0.25) is 0 Å². The molecule has 0 aliphatic carbocycles. The molecule has 82 valence electrons. The number of rotatable bonds is 3. The predicted molar refractivity (Wildman–Crippen MR) is 56.9 cm³/mol. The first-order valence-electron chi connectivity index (χ1n) is 4.75. The van der Waals surface area contributed by atoms with E-state index in [-0.39, 0.29) is 17.5 Å². The van der Waals surface area contributed by atoms with E-state index in [1.165, 1.54) is 24.7 Å². The topological polar surface area (TPSA) is 75.1 Å². The van der Waals surface area contributed by atoms with E-state index in [1.807, 2.05) is 0 Å². The van der Waals surface area contributed by atoms with Crippen molar-refractivity contribution in [2.45, 2.75) is 6.54 Å². The zero-order chi connectivity index (χ0) is 11.4. The fourth-order valence-electron chi connectivity index (χ4n) is 1.27. The third-order valence-electron chi connectivity index (χ3n) is 2.07. The fourth-order valence-corrected chi connectivity index (χ4v) is 1.27. The van der Waals surface area contributed by atoms with Crippen molar-refractivity contribution in [3.63, 3.8) is 0 Å². The summed E-state index contributed by atoms with van der Waals surface area (Å²) >= 11 is 0. The van der Waals surface area contributed by atoms with Crippen molar-refractivity contribution in [1.82, 2.24) is 10.3 Å². The van der Waals surface area contributed by atoms with E-state index in [2.05, 4.69) is 10.3 Å². The van der Waals surface area contributed by atoms with Crippen LogP contribution in [0.15, 0.2) is 46.1 Å². The number of hydrogen-bond donors (Lipinski definition) is 2. The Bertz CT molecular complexity index is 528. The van der Waals surface area contributed by atoms with E-state index in [0.29, 0.717) is 5.76 Å². The van der Waals surface area contributed by atoms with Gasteiger partial charge in [-0.15, -0.1) is 0 Å². The number of H-pyrrole nitrogens is 1. The Morgan fingerprint density at radius 2 is 2.31 bits per heavy atom. The van der Waals surface area contributed by atoms with Crippen molar-refractivity contribution in [1.29, 1.82) is 0 Å². The Labute approximate surface area is 91.1 Å². The van der Waals surface area contributed by atoms with Gasteiger partial charge in [0.25, 0.3) is 5.91 Å². The maximum atomic E-state index is 11.6. The van der Waals surface area contributed by atoms with Gasteiger partial charge in [0.05, 0.1) is 12.8 Å². The van der Waals surface area contributed by atoms with Crippen molar-refractivity contribution in [2.24, 2.45) is 0 Å². The Morgan fingerprint density at radius 1 is 1.44 bits per heavy atom. The lowest BCUT2D eigenvalue weighted by Gasteiger charge is -2.01. The molecule has 2 aromatic rings. The number of pyridine rings is 1. The van der Waals surface area contributed by atoms with Gasteiger partial charge in [0.15, 0.2) is 5.43 Å². The quantitative estimate of drug-likeness (QED) is 0.803. The summed E-state index contributed by atoms with van der Waals surface area (Å²) in [6, 6.07) is 4.79. The normalized spacial score (nSPS) is 10.0. The minimum absolute atomic E-state index is 0.0917. The van der Waals surface area contributed by atoms with Gasteiger partial charge in [0, 0.05) is 18.5 Å². The smallest absolute Gasteiger partial charge is 0.257 e. The Balaban J connectivity index is 2.04. The second-order valence-electron chi connectivity index (χ2n) is 3.18. The van der Waals surface area contributed by atoms with Gasteiger partial charge < -0.3 is 14.7 Å². The minimum atomic E-state index is -0.418. The molecule has 0 spiro atoms. The predicted octanol–water partition coefficient (Wildman–Crippen LogP) is 0.898. The van der Waals surface area contributed by atoms with Crippen LogP contribution in [0.1, 0.15) is 16.1 Å². The zero-order valence-corrected chi connectivity index (χ0v) is 8.40. The number of aromatic amines is 1. The number of carbonyl (C=O) groups excluding carboxylic acids is 1. The molecule has 0 saturated carbocycles. The molecule has 2 aromatic heterocycles. The summed E-state index contributed by atoms with van der Waals surface area (Å²) in [6.45, 7) is 0.264. The molecule has 1 amide bonds. The molecule has 0 unspecified atom stereocenters. The number of aromatic nitrogens is 1. The third-order valence-corrected chi connectivity index (χ3v) is 2.07. The van der Waals surface area contributed by atoms with Gasteiger partial charge in [-0.2, -0.15) is 0 Å². The lowest BCUT2D eigenvalue weighted by molar-refractivity contribution is 0.0946. The lowest BCUT2D eigenvalue weighted by atomic mass is 10.2. The summed E-state index contributed by atoms with van der Waals surface area (Å²) in [4.78, 5) is 25.6. The monoisotopic (exact) mass is 218 g/mol. The van der Waals surface area contributed by atoms with Crippen molar-refractivity contribution in [2.75, 3.05) is 0 Å². The van der Waals surface area contributed by atoms with Crippen LogP contribution in [-0.2, 0) is 6.54 Å². The maximum Gasteiger partial charge on any atom is 0.257 e. The number of nitrogens with one attached hydrogen (secondary N) is 2. The summed E-state index contributed by atoms with van der Waals surface area (Å²) in [7, 11) is 0. The molecule has 0 aliphatic rings. The highest BCUT2D eigenvalue weighted by Gasteiger charge is 2.09. The molecule has 5 heteroatoms. The molecular weight excluding hydrogens is 208 g/mol. The first kappa shape index (κ1) is 10.2. The van der Waals surface area contributed by atoms with Crippen LogP contribution in [0.3, 0.4) is 0 Å². The van der Waals surface area contributed by atoms with E-state index in [1.54, 1.807) is 12.1 Å². The van der Waals surface area contributed by atoms with Crippen LogP contribution in [0.4, 0.5) is 0 Å². The molecule has 2 rings (SSSR count). The Morgan fingerprint density at radius 3 is 3.00 bits per heavy atom. The zero-order valence-electron chi connectivity index (χ0n) is 8.40. The standard InChI is InChI=1S/C11H10N2O3/c14-10-3-4-12-7-9(10)11(15)13-6-8-2-1-5-16-8/h1-5,7H,6H2,(H,12,14)(H,13,15). The SMILES string of the molecule is O=C(NCc1ccco1)c1c[nH]ccc1=O. The fraction of sp³-hybridized carbons (Fsp3) is 0.0909. The van der Waals surface area contributed by atoms with Crippen LogP contribution in [-0.4, -0.2) is 10.9 Å². The average Bonchev–Trinajstić information content (AvgIpc) is 2.79. The van der Waals surface area contributed by atoms with Crippen molar-refractivity contribution in [3.05, 3.63) is 58.4 Å². The van der Waals surface area contributed by atoms with Gasteiger partial charge in [-0.3, -0.25) is 9.59 Å². The van der Waals surface area contributed by atoms with Gasteiger partial charge in [-0.25, -0.2) is 0 Å². The number of hydrogen-bond acceptors (Lipinski definition) is 3. The molecule has 0 saturated heterocycles. The van der Waals surface area contributed by atoms with E-state index >= 15 is 0 Å². The number of carbonyl (C=O) groups is 1. The molecule has 2 N–H and O–H groups in total. The third kappa shape index (κ3) is 2.20. The molecule has 0 aliphatic heterocycles. The summed E-state index contributed by atoms with van der Waals surface area (Å²) in [5.74, 6) is 0.221. The van der Waals surface area contributed by atoms with Crippen LogP contribution in [0.2, 0.25) is 0 Å². The molecular formula is C11H10N2O3. The summed E-state index contributed by atoms with van der Waals surface area (Å²) in [5, 5.41) is 2.59. The first-order chi connectivity index (χ1) is 7.77. The second-order valence-corrected chi connectivity index (χ2v) is 3.18. The van der Waals surface area contributed by atoms with Crippen molar-refractivity contribution < 1.29 is 9.21 Å². The highest BCUT2D eigenvalue weighted by Crippen LogP contribution is 1.99. The van der Waals surface area contributed by atoms with Crippen LogP contribution in [0.25, 0.3) is 0 Å². The average molecular weight is 218 g/mol. The molecule has 0 fully saturated rings. The highest BCUT2D eigenvalue weighted by molar-refractivity contribution is 5.93. The number of furan rings is 1. The molecule has 5 nitrogen and oxygen atoms in total. The Kier molecular flexibility index (Phi) is 2.86. The van der Waals surface area contributed by atoms with E-state index < -0.39 is 5.91 Å². The molecule has 0 radical (unpaired) electrons. The van der Waals surface area contributed by atoms with Gasteiger partial charge >= 0.3 is 0 Å². The lowest BCUT2D eigenvalue weighted by Crippen LogP contribution is -2.27.